The maximum Gasteiger partial charge on any atom is 0.244 e. The van der Waals surface area contributed by atoms with Crippen molar-refractivity contribution in [3.63, 3.8) is 0 Å². The lowest BCUT2D eigenvalue weighted by Crippen LogP contribution is -2.31. The van der Waals surface area contributed by atoms with Crippen molar-refractivity contribution >= 4 is 12.0 Å². The second-order valence-electron chi connectivity index (χ2n) is 6.80. The Labute approximate surface area is 164 Å². The highest BCUT2D eigenvalue weighted by Gasteiger charge is 2.44. The fraction of sp³-hybridized carbons (Fsp3) is 0.318. The van der Waals surface area contributed by atoms with Crippen LogP contribution in [0.1, 0.15) is 24.0 Å². The molecule has 1 fully saturated rings. The lowest BCUT2D eigenvalue weighted by Gasteiger charge is -2.16. The Hall–Kier alpha value is -3.02. The van der Waals surface area contributed by atoms with Crippen LogP contribution < -0.4 is 19.5 Å². The molecule has 0 unspecified atom stereocenters. The van der Waals surface area contributed by atoms with Gasteiger partial charge < -0.3 is 19.5 Å². The number of carbonyl (C=O) groups excluding carboxylic acids is 1. The zero-order valence-electron chi connectivity index (χ0n) is 16.3. The van der Waals surface area contributed by atoms with Gasteiger partial charge in [-0.25, -0.2) is 4.39 Å². The Morgan fingerprint density at radius 3 is 2.18 bits per heavy atom. The molecule has 0 aromatic heterocycles. The predicted octanol–water partition coefficient (Wildman–Crippen LogP) is 3.71. The van der Waals surface area contributed by atoms with Crippen molar-refractivity contribution in [3.8, 4) is 17.2 Å². The highest BCUT2D eigenvalue weighted by molar-refractivity contribution is 5.92. The number of methoxy groups -OCH3 is 3. The number of nitrogens with one attached hydrogen (secondary N) is 1. The van der Waals surface area contributed by atoms with E-state index in [4.69, 9.17) is 14.2 Å². The third-order valence-electron chi connectivity index (χ3n) is 5.03. The van der Waals surface area contributed by atoms with Gasteiger partial charge in [0, 0.05) is 18.0 Å². The van der Waals surface area contributed by atoms with E-state index in [2.05, 4.69) is 5.32 Å². The van der Waals surface area contributed by atoms with Gasteiger partial charge in [-0.2, -0.15) is 0 Å². The van der Waals surface area contributed by atoms with E-state index in [0.717, 1.165) is 24.0 Å². The predicted molar refractivity (Wildman–Crippen MR) is 105 cm³/mol. The molecule has 0 atom stereocenters. The van der Waals surface area contributed by atoms with Crippen molar-refractivity contribution in [1.29, 1.82) is 0 Å². The molecule has 28 heavy (non-hydrogen) atoms. The maximum absolute atomic E-state index is 13.1. The first-order valence-electron chi connectivity index (χ1n) is 9.03. The molecule has 1 amide bonds. The molecule has 2 aromatic rings. The summed E-state index contributed by atoms with van der Waals surface area (Å²) in [4.78, 5) is 12.3. The fourth-order valence-corrected chi connectivity index (χ4v) is 3.21. The van der Waals surface area contributed by atoms with E-state index < -0.39 is 0 Å². The Bertz CT molecular complexity index is 848. The van der Waals surface area contributed by atoms with E-state index in [0.29, 0.717) is 23.8 Å². The molecule has 1 N–H and O–H groups in total. The quantitative estimate of drug-likeness (QED) is 0.704. The van der Waals surface area contributed by atoms with Gasteiger partial charge in [0.2, 0.25) is 11.7 Å². The van der Waals surface area contributed by atoms with Crippen molar-refractivity contribution in [1.82, 2.24) is 5.32 Å². The first-order valence-corrected chi connectivity index (χ1v) is 9.03. The van der Waals surface area contributed by atoms with E-state index in [1.54, 1.807) is 44.6 Å². The average Bonchev–Trinajstić information content (AvgIpc) is 3.51. The fourth-order valence-electron chi connectivity index (χ4n) is 3.21. The van der Waals surface area contributed by atoms with Crippen LogP contribution in [0.15, 0.2) is 42.5 Å². The molecule has 6 heteroatoms. The van der Waals surface area contributed by atoms with Crippen LogP contribution in [-0.4, -0.2) is 33.8 Å². The number of halogens is 1. The van der Waals surface area contributed by atoms with Crippen LogP contribution in [0.2, 0.25) is 0 Å². The largest absolute Gasteiger partial charge is 0.493 e. The number of ether oxygens (including phenoxy) is 3. The number of hydrogen-bond acceptors (Lipinski definition) is 4. The molecule has 0 saturated heterocycles. The summed E-state index contributed by atoms with van der Waals surface area (Å²) >= 11 is 0. The van der Waals surface area contributed by atoms with E-state index in [1.165, 1.54) is 25.3 Å². The van der Waals surface area contributed by atoms with Gasteiger partial charge in [0.15, 0.2) is 11.5 Å². The Kier molecular flexibility index (Phi) is 5.87. The molecular formula is C22H24FNO4. The minimum Gasteiger partial charge on any atom is -0.493 e. The van der Waals surface area contributed by atoms with Crippen molar-refractivity contribution in [2.75, 3.05) is 27.9 Å². The lowest BCUT2D eigenvalue weighted by atomic mass is 9.96. The second-order valence-corrected chi connectivity index (χ2v) is 6.80. The zero-order chi connectivity index (χ0) is 20.1. The molecule has 1 aliphatic carbocycles. The van der Waals surface area contributed by atoms with Crippen LogP contribution in [0.5, 0.6) is 17.2 Å². The number of benzene rings is 2. The minimum atomic E-state index is -0.253. The molecule has 3 rings (SSSR count). The first-order chi connectivity index (χ1) is 13.5. The Morgan fingerprint density at radius 2 is 1.68 bits per heavy atom. The standard InChI is InChI=1S/C22H24FNO4/c1-26-18-12-15(13-19(27-2)21(18)28-3)4-9-20(25)24-14-22(10-11-22)16-5-7-17(23)8-6-16/h4-9,12-13H,10-11,14H2,1-3H3,(H,24,25)/b9-4+. The molecule has 2 aromatic carbocycles. The number of carbonyl (C=O) groups is 1. The van der Waals surface area contributed by atoms with Gasteiger partial charge in [-0.05, 0) is 54.3 Å². The number of hydrogen-bond donors (Lipinski definition) is 1. The van der Waals surface area contributed by atoms with Gasteiger partial charge in [0.1, 0.15) is 5.82 Å². The molecule has 1 aliphatic rings. The van der Waals surface area contributed by atoms with Crippen LogP contribution >= 0.6 is 0 Å². The van der Waals surface area contributed by atoms with Crippen LogP contribution in [0.25, 0.3) is 6.08 Å². The van der Waals surface area contributed by atoms with Gasteiger partial charge in [-0.3, -0.25) is 4.79 Å². The summed E-state index contributed by atoms with van der Waals surface area (Å²) in [6.45, 7) is 0.525. The minimum absolute atomic E-state index is 0.0796. The van der Waals surface area contributed by atoms with Crippen LogP contribution in [-0.2, 0) is 10.2 Å². The third-order valence-corrected chi connectivity index (χ3v) is 5.03. The van der Waals surface area contributed by atoms with Crippen LogP contribution in [0, 0.1) is 5.82 Å². The Morgan fingerprint density at radius 1 is 1.07 bits per heavy atom. The van der Waals surface area contributed by atoms with Crippen molar-refractivity contribution in [3.05, 3.63) is 59.4 Å². The Balaban J connectivity index is 1.65. The molecule has 0 bridgehead atoms. The summed E-state index contributed by atoms with van der Waals surface area (Å²) in [5.41, 5.74) is 1.73. The molecule has 148 valence electrons. The summed E-state index contributed by atoms with van der Waals surface area (Å²) < 4.78 is 29.1. The molecule has 0 radical (unpaired) electrons. The van der Waals surface area contributed by atoms with E-state index >= 15 is 0 Å². The van der Waals surface area contributed by atoms with Gasteiger partial charge in [0.05, 0.1) is 21.3 Å². The normalized spacial score (nSPS) is 14.6. The second kappa shape index (κ2) is 8.33. The topological polar surface area (TPSA) is 56.8 Å². The maximum atomic E-state index is 13.1. The van der Waals surface area contributed by atoms with Gasteiger partial charge >= 0.3 is 0 Å². The van der Waals surface area contributed by atoms with Gasteiger partial charge in [-0.15, -0.1) is 0 Å². The lowest BCUT2D eigenvalue weighted by molar-refractivity contribution is -0.116. The molecule has 0 spiro atoms. The number of amides is 1. The number of rotatable bonds is 8. The molecule has 5 nitrogen and oxygen atoms in total. The zero-order valence-corrected chi connectivity index (χ0v) is 16.3. The smallest absolute Gasteiger partial charge is 0.244 e. The molecular weight excluding hydrogens is 361 g/mol. The summed E-state index contributed by atoms with van der Waals surface area (Å²) in [6.07, 6.45) is 5.13. The van der Waals surface area contributed by atoms with E-state index in [9.17, 15) is 9.18 Å². The average molecular weight is 385 g/mol. The van der Waals surface area contributed by atoms with Crippen molar-refractivity contribution in [2.45, 2.75) is 18.3 Å². The van der Waals surface area contributed by atoms with Crippen LogP contribution in [0.4, 0.5) is 4.39 Å². The van der Waals surface area contributed by atoms with Gasteiger partial charge in [-0.1, -0.05) is 12.1 Å². The third kappa shape index (κ3) is 4.27. The summed E-state index contributed by atoms with van der Waals surface area (Å²) in [5, 5.41) is 2.94. The molecule has 0 aliphatic heterocycles. The highest BCUT2D eigenvalue weighted by atomic mass is 19.1. The summed E-state index contributed by atoms with van der Waals surface area (Å²) in [5.74, 6) is 1.10. The highest BCUT2D eigenvalue weighted by Crippen LogP contribution is 2.47. The van der Waals surface area contributed by atoms with Gasteiger partial charge in [0.25, 0.3) is 0 Å². The SMILES string of the molecule is COc1cc(/C=C/C(=O)NCC2(c3ccc(F)cc3)CC2)cc(OC)c1OC. The molecule has 0 heterocycles. The molecule has 1 saturated carbocycles. The van der Waals surface area contributed by atoms with Crippen molar-refractivity contribution < 1.29 is 23.4 Å². The van der Waals surface area contributed by atoms with Crippen molar-refractivity contribution in [2.24, 2.45) is 0 Å². The monoisotopic (exact) mass is 385 g/mol. The summed E-state index contributed by atoms with van der Waals surface area (Å²) in [6, 6.07) is 10.0. The summed E-state index contributed by atoms with van der Waals surface area (Å²) in [7, 11) is 4.63. The van der Waals surface area contributed by atoms with E-state index in [1.807, 2.05) is 0 Å². The van der Waals surface area contributed by atoms with E-state index in [-0.39, 0.29) is 17.1 Å². The first kappa shape index (κ1) is 19.7. The van der Waals surface area contributed by atoms with Crippen LogP contribution in [0.3, 0.4) is 0 Å².